The van der Waals surface area contributed by atoms with Crippen LogP contribution < -0.4 is 10.5 Å². The van der Waals surface area contributed by atoms with Crippen LogP contribution in [0, 0.1) is 0 Å². The molecule has 7 heteroatoms. The zero-order valence-corrected chi connectivity index (χ0v) is 12.7. The molecule has 0 atom stereocenters. The number of phenolic OH excluding ortho intramolecular Hbond substituents is 2. The van der Waals surface area contributed by atoms with E-state index in [2.05, 4.69) is 4.74 Å². The van der Waals surface area contributed by atoms with Crippen molar-refractivity contribution in [3.8, 4) is 17.2 Å². The molecule has 0 saturated carbocycles. The van der Waals surface area contributed by atoms with E-state index in [4.69, 9.17) is 10.5 Å². The van der Waals surface area contributed by atoms with Gasteiger partial charge >= 0.3 is 11.9 Å². The zero-order chi connectivity index (χ0) is 17.7. The second-order valence-electron chi connectivity index (χ2n) is 4.74. The molecule has 124 valence electrons. The van der Waals surface area contributed by atoms with Crippen LogP contribution in [0.4, 0.5) is 5.69 Å². The molecule has 2 aromatic carbocycles. The lowest BCUT2D eigenvalue weighted by molar-refractivity contribution is -0.132. The largest absolute Gasteiger partial charge is 0.508 e. The number of nitrogen functional groups attached to an aromatic ring is 1. The van der Waals surface area contributed by atoms with Crippen LogP contribution in [0.1, 0.15) is 15.9 Å². The van der Waals surface area contributed by atoms with Crippen LogP contribution in [0.2, 0.25) is 0 Å². The van der Waals surface area contributed by atoms with Gasteiger partial charge in [0.1, 0.15) is 5.75 Å². The number of ether oxygens (including phenoxy) is 2. The number of benzene rings is 2. The van der Waals surface area contributed by atoms with Crippen molar-refractivity contribution in [2.75, 3.05) is 12.8 Å². The number of aromatic hydroxyl groups is 2. The molecule has 0 aliphatic rings. The van der Waals surface area contributed by atoms with Crippen LogP contribution in [0.3, 0.4) is 0 Å². The number of hydrogen-bond donors (Lipinski definition) is 3. The van der Waals surface area contributed by atoms with Crippen LogP contribution in [0.5, 0.6) is 17.2 Å². The van der Waals surface area contributed by atoms with Gasteiger partial charge in [0.2, 0.25) is 0 Å². The predicted molar refractivity (Wildman–Crippen MR) is 86.6 cm³/mol. The van der Waals surface area contributed by atoms with Gasteiger partial charge in [-0.25, -0.2) is 9.59 Å². The van der Waals surface area contributed by atoms with Crippen LogP contribution in [-0.2, 0) is 9.53 Å². The van der Waals surface area contributed by atoms with E-state index in [9.17, 15) is 19.8 Å². The molecule has 4 N–H and O–H groups in total. The predicted octanol–water partition coefficient (Wildman–Crippen LogP) is 2.09. The number of methoxy groups -OCH3 is 1. The van der Waals surface area contributed by atoms with Gasteiger partial charge in [0.05, 0.1) is 12.7 Å². The summed E-state index contributed by atoms with van der Waals surface area (Å²) < 4.78 is 9.59. The van der Waals surface area contributed by atoms with E-state index in [1.165, 1.54) is 37.5 Å². The quantitative estimate of drug-likeness (QED) is 0.258. The summed E-state index contributed by atoms with van der Waals surface area (Å²) in [6.45, 7) is 0. The maximum absolute atomic E-state index is 11.9. The second kappa shape index (κ2) is 7.19. The fourth-order valence-electron chi connectivity index (χ4n) is 1.86. The van der Waals surface area contributed by atoms with Crippen molar-refractivity contribution >= 4 is 23.7 Å². The Balaban J connectivity index is 2.07. The molecule has 0 heterocycles. The molecule has 2 rings (SSSR count). The van der Waals surface area contributed by atoms with E-state index >= 15 is 0 Å². The third kappa shape index (κ3) is 4.04. The van der Waals surface area contributed by atoms with Crippen LogP contribution in [0.15, 0.2) is 42.5 Å². The topological polar surface area (TPSA) is 119 Å². The van der Waals surface area contributed by atoms with Gasteiger partial charge in [0.15, 0.2) is 11.5 Å². The van der Waals surface area contributed by atoms with Crippen molar-refractivity contribution in [2.45, 2.75) is 0 Å². The molecule has 24 heavy (non-hydrogen) atoms. The average Bonchev–Trinajstić information content (AvgIpc) is 2.56. The highest BCUT2D eigenvalue weighted by molar-refractivity contribution is 6.04. The highest BCUT2D eigenvalue weighted by atomic mass is 16.6. The van der Waals surface area contributed by atoms with E-state index in [0.29, 0.717) is 5.56 Å². The van der Waals surface area contributed by atoms with Gasteiger partial charge in [-0.1, -0.05) is 6.07 Å². The summed E-state index contributed by atoms with van der Waals surface area (Å²) in [7, 11) is 1.40. The van der Waals surface area contributed by atoms with Crippen molar-refractivity contribution in [3.05, 3.63) is 53.6 Å². The van der Waals surface area contributed by atoms with Gasteiger partial charge in [0, 0.05) is 11.8 Å². The Labute approximate surface area is 137 Å². The van der Waals surface area contributed by atoms with Crippen molar-refractivity contribution in [3.63, 3.8) is 0 Å². The Hall–Kier alpha value is -3.48. The summed E-state index contributed by atoms with van der Waals surface area (Å²) in [4.78, 5) is 23.6. The fraction of sp³-hybridized carbons (Fsp3) is 0.0588. The van der Waals surface area contributed by atoms with E-state index in [1.807, 2.05) is 0 Å². The highest BCUT2D eigenvalue weighted by Gasteiger charge is 2.15. The summed E-state index contributed by atoms with van der Waals surface area (Å²) >= 11 is 0. The molecule has 0 radical (unpaired) electrons. The first-order chi connectivity index (χ1) is 11.4. The van der Waals surface area contributed by atoms with Crippen LogP contribution in [0.25, 0.3) is 6.08 Å². The first-order valence-electron chi connectivity index (χ1n) is 6.80. The molecule has 2 aromatic rings. The minimum absolute atomic E-state index is 0.0354. The Morgan fingerprint density at radius 3 is 2.58 bits per heavy atom. The van der Waals surface area contributed by atoms with Gasteiger partial charge in [-0.2, -0.15) is 0 Å². The minimum atomic E-state index is -0.971. The van der Waals surface area contributed by atoms with Gasteiger partial charge in [0.25, 0.3) is 0 Å². The SMILES string of the molecule is COc1cc(/C=C/C(=O)OC(=O)c2cc(O)ccc2N)ccc1O. The zero-order valence-electron chi connectivity index (χ0n) is 12.7. The van der Waals surface area contributed by atoms with E-state index in [1.54, 1.807) is 6.07 Å². The van der Waals surface area contributed by atoms with E-state index in [0.717, 1.165) is 12.1 Å². The molecule has 0 saturated heterocycles. The number of nitrogens with two attached hydrogens (primary N) is 1. The molecular formula is C17H15NO6. The second-order valence-corrected chi connectivity index (χ2v) is 4.74. The lowest BCUT2D eigenvalue weighted by Gasteiger charge is -2.05. The molecule has 0 unspecified atom stereocenters. The minimum Gasteiger partial charge on any atom is -0.508 e. The lowest BCUT2D eigenvalue weighted by Crippen LogP contribution is -2.12. The average molecular weight is 329 g/mol. The third-order valence-electron chi connectivity index (χ3n) is 3.07. The van der Waals surface area contributed by atoms with Gasteiger partial charge in [-0.15, -0.1) is 0 Å². The molecule has 0 amide bonds. The maximum atomic E-state index is 11.9. The summed E-state index contributed by atoms with van der Waals surface area (Å²) in [5.41, 5.74) is 6.13. The van der Waals surface area contributed by atoms with Gasteiger partial charge in [-0.3, -0.25) is 0 Å². The summed E-state index contributed by atoms with van der Waals surface area (Å²) in [6.07, 6.45) is 2.44. The van der Waals surface area contributed by atoms with Crippen molar-refractivity contribution < 1.29 is 29.3 Å². The molecule has 0 fully saturated rings. The molecule has 0 aliphatic carbocycles. The van der Waals surface area contributed by atoms with Crippen molar-refractivity contribution in [1.82, 2.24) is 0 Å². The summed E-state index contributed by atoms with van der Waals surface area (Å²) in [5, 5.41) is 18.8. The molecule has 0 bridgehead atoms. The Morgan fingerprint density at radius 2 is 1.88 bits per heavy atom. The van der Waals surface area contributed by atoms with Gasteiger partial charge in [-0.05, 0) is 42.0 Å². The molecular weight excluding hydrogens is 314 g/mol. The van der Waals surface area contributed by atoms with Crippen molar-refractivity contribution in [2.24, 2.45) is 0 Å². The maximum Gasteiger partial charge on any atom is 0.348 e. The first-order valence-corrected chi connectivity index (χ1v) is 6.80. The standard InChI is InChI=1S/C17H15NO6/c1-23-15-8-10(2-6-14(15)20)3-7-16(21)24-17(22)12-9-11(19)4-5-13(12)18/h2-9,19-20H,18H2,1H3/b7-3+. The summed E-state index contributed by atoms with van der Waals surface area (Å²) in [6, 6.07) is 8.22. The highest BCUT2D eigenvalue weighted by Crippen LogP contribution is 2.26. The number of phenols is 2. The number of rotatable bonds is 4. The number of anilines is 1. The number of esters is 2. The lowest BCUT2D eigenvalue weighted by atomic mass is 10.1. The monoisotopic (exact) mass is 329 g/mol. The van der Waals surface area contributed by atoms with Crippen LogP contribution in [-0.4, -0.2) is 29.3 Å². The van der Waals surface area contributed by atoms with Gasteiger partial charge < -0.3 is 25.4 Å². The van der Waals surface area contributed by atoms with Crippen molar-refractivity contribution in [1.29, 1.82) is 0 Å². The summed E-state index contributed by atoms with van der Waals surface area (Å²) in [5.74, 6) is -1.84. The van der Waals surface area contributed by atoms with Crippen LogP contribution >= 0.6 is 0 Å². The molecule has 7 nitrogen and oxygen atoms in total. The Bertz CT molecular complexity index is 813. The van der Waals surface area contributed by atoms with E-state index in [-0.39, 0.29) is 28.5 Å². The first kappa shape index (κ1) is 16.9. The normalized spacial score (nSPS) is 10.5. The fourth-order valence-corrected chi connectivity index (χ4v) is 1.86. The van der Waals surface area contributed by atoms with E-state index < -0.39 is 11.9 Å². The Morgan fingerprint density at radius 1 is 1.12 bits per heavy atom. The number of carbonyl (C=O) groups is 2. The molecule has 0 aliphatic heterocycles. The molecule has 0 aromatic heterocycles. The number of carbonyl (C=O) groups excluding carboxylic acids is 2. The number of hydrogen-bond acceptors (Lipinski definition) is 7. The smallest absolute Gasteiger partial charge is 0.348 e. The third-order valence-corrected chi connectivity index (χ3v) is 3.07. The Kier molecular flexibility index (Phi) is 5.06. The molecule has 0 spiro atoms.